The Morgan fingerprint density at radius 1 is 1.25 bits per heavy atom. The van der Waals surface area contributed by atoms with E-state index in [1.54, 1.807) is 49.6 Å². The summed E-state index contributed by atoms with van der Waals surface area (Å²) < 4.78 is 11.9. The molecule has 1 aromatic carbocycles. The van der Waals surface area contributed by atoms with Gasteiger partial charge in [0.2, 0.25) is 11.8 Å². The molecular weight excluding hydrogens is 380 g/mol. The number of anilines is 1. The number of nitrogens with zero attached hydrogens (tertiary/aromatic N) is 3. The van der Waals surface area contributed by atoms with Gasteiger partial charge in [-0.1, -0.05) is 29.1 Å². The van der Waals surface area contributed by atoms with Crippen LogP contribution in [0.5, 0.6) is 0 Å². The van der Waals surface area contributed by atoms with Gasteiger partial charge in [-0.2, -0.15) is 0 Å². The summed E-state index contributed by atoms with van der Waals surface area (Å²) in [4.78, 5) is 29.7. The summed E-state index contributed by atoms with van der Waals surface area (Å²) in [6, 6.07) is 12.3. The molecule has 0 atom stereocenters. The van der Waals surface area contributed by atoms with E-state index in [9.17, 15) is 9.59 Å². The number of rotatable bonds is 6. The molecule has 1 N–H and O–H groups in total. The summed E-state index contributed by atoms with van der Waals surface area (Å²) in [5, 5.41) is 7.30. The lowest BCUT2D eigenvalue weighted by Gasteiger charge is -2.11. The number of nitrogens with one attached hydrogen (secondary N) is 1. The maximum absolute atomic E-state index is 13.0. The summed E-state index contributed by atoms with van der Waals surface area (Å²) in [6.07, 6.45) is 1.55. The Labute approximate surface area is 163 Å². The van der Waals surface area contributed by atoms with Crippen molar-refractivity contribution in [2.45, 2.75) is 18.6 Å². The number of amides is 1. The van der Waals surface area contributed by atoms with Crippen molar-refractivity contribution in [2.75, 3.05) is 11.1 Å². The Hall–Kier alpha value is -3.33. The van der Waals surface area contributed by atoms with E-state index in [1.165, 1.54) is 16.3 Å². The van der Waals surface area contributed by atoms with Gasteiger partial charge in [0.1, 0.15) is 5.76 Å². The zero-order chi connectivity index (χ0) is 19.5. The number of carbonyl (C=O) groups is 1. The van der Waals surface area contributed by atoms with Crippen molar-refractivity contribution in [2.24, 2.45) is 0 Å². The van der Waals surface area contributed by atoms with E-state index >= 15 is 0 Å². The van der Waals surface area contributed by atoms with Crippen molar-refractivity contribution in [3.63, 3.8) is 0 Å². The van der Waals surface area contributed by atoms with Crippen molar-refractivity contribution in [3.8, 4) is 0 Å². The molecule has 0 saturated carbocycles. The van der Waals surface area contributed by atoms with Crippen LogP contribution in [0.3, 0.4) is 0 Å². The Bertz CT molecular complexity index is 1180. The van der Waals surface area contributed by atoms with Crippen LogP contribution < -0.4 is 10.9 Å². The van der Waals surface area contributed by atoms with Gasteiger partial charge in [0.15, 0.2) is 5.16 Å². The van der Waals surface area contributed by atoms with Crippen LogP contribution in [0.2, 0.25) is 0 Å². The summed E-state index contributed by atoms with van der Waals surface area (Å²) >= 11 is 1.17. The minimum atomic E-state index is -0.284. The van der Waals surface area contributed by atoms with E-state index in [1.807, 2.05) is 6.07 Å². The highest BCUT2D eigenvalue weighted by molar-refractivity contribution is 7.99. The third-order valence-corrected chi connectivity index (χ3v) is 4.92. The lowest BCUT2D eigenvalue weighted by Crippen LogP contribution is -2.24. The summed E-state index contributed by atoms with van der Waals surface area (Å²) in [6.45, 7) is 2.00. The monoisotopic (exact) mass is 396 g/mol. The van der Waals surface area contributed by atoms with Gasteiger partial charge in [-0.25, -0.2) is 4.98 Å². The maximum atomic E-state index is 13.0. The van der Waals surface area contributed by atoms with Crippen molar-refractivity contribution in [3.05, 3.63) is 70.5 Å². The van der Waals surface area contributed by atoms with E-state index in [4.69, 9.17) is 8.94 Å². The standard InChI is InChI=1S/C19H16N4O4S/c1-12-9-17(27-22-12)21-16(24)11-28-19-20-15-7-3-2-6-14(15)18(25)23(19)10-13-5-4-8-26-13/h2-9H,10-11H2,1H3,(H,21,24). The van der Waals surface area contributed by atoms with Crippen LogP contribution in [-0.2, 0) is 11.3 Å². The third kappa shape index (κ3) is 3.84. The molecule has 142 valence electrons. The molecular formula is C19H16N4O4S. The molecule has 9 heteroatoms. The van der Waals surface area contributed by atoms with E-state index < -0.39 is 0 Å². The van der Waals surface area contributed by atoms with Gasteiger partial charge in [-0.05, 0) is 31.2 Å². The highest BCUT2D eigenvalue weighted by Crippen LogP contribution is 2.20. The Kier molecular flexibility index (Phi) is 4.98. The minimum Gasteiger partial charge on any atom is -0.467 e. The highest BCUT2D eigenvalue weighted by Gasteiger charge is 2.15. The van der Waals surface area contributed by atoms with Gasteiger partial charge in [0.05, 0.1) is 35.2 Å². The van der Waals surface area contributed by atoms with E-state index in [-0.39, 0.29) is 29.6 Å². The van der Waals surface area contributed by atoms with Crippen LogP contribution in [0.15, 0.2) is 67.6 Å². The molecule has 0 unspecified atom stereocenters. The second kappa shape index (κ2) is 7.73. The Morgan fingerprint density at radius 2 is 2.11 bits per heavy atom. The number of aryl methyl sites for hydroxylation is 1. The molecule has 8 nitrogen and oxygen atoms in total. The number of carbonyl (C=O) groups excluding carboxylic acids is 1. The Balaban J connectivity index is 1.61. The zero-order valence-corrected chi connectivity index (χ0v) is 15.7. The summed E-state index contributed by atoms with van der Waals surface area (Å²) in [5.41, 5.74) is 1.07. The predicted molar refractivity (Wildman–Crippen MR) is 104 cm³/mol. The molecule has 0 fully saturated rings. The average molecular weight is 396 g/mol. The fraction of sp³-hybridized carbons (Fsp3) is 0.158. The first kappa shape index (κ1) is 18.1. The Morgan fingerprint density at radius 3 is 2.86 bits per heavy atom. The largest absolute Gasteiger partial charge is 0.467 e. The van der Waals surface area contributed by atoms with Crippen molar-refractivity contribution in [1.29, 1.82) is 0 Å². The normalized spacial score (nSPS) is 11.0. The number of hydrogen-bond acceptors (Lipinski definition) is 7. The first-order valence-corrected chi connectivity index (χ1v) is 9.46. The molecule has 0 spiro atoms. The third-order valence-electron chi connectivity index (χ3n) is 3.94. The number of thioether (sulfide) groups is 1. The van der Waals surface area contributed by atoms with Gasteiger partial charge >= 0.3 is 0 Å². The molecule has 0 aliphatic rings. The average Bonchev–Trinajstić information content (AvgIpc) is 3.34. The van der Waals surface area contributed by atoms with Crippen LogP contribution >= 0.6 is 11.8 Å². The molecule has 0 bridgehead atoms. The van der Waals surface area contributed by atoms with Crippen LogP contribution in [0, 0.1) is 6.92 Å². The van der Waals surface area contributed by atoms with Crippen molar-refractivity contribution >= 4 is 34.5 Å². The summed E-state index contributed by atoms with van der Waals surface area (Å²) in [7, 11) is 0. The fourth-order valence-electron chi connectivity index (χ4n) is 2.68. The molecule has 0 saturated heterocycles. The number of fused-ring (bicyclic) bond motifs is 1. The fourth-order valence-corrected chi connectivity index (χ4v) is 3.48. The number of benzene rings is 1. The highest BCUT2D eigenvalue weighted by atomic mass is 32.2. The zero-order valence-electron chi connectivity index (χ0n) is 14.9. The number of para-hydroxylation sites is 1. The quantitative estimate of drug-likeness (QED) is 0.395. The van der Waals surface area contributed by atoms with Gasteiger partial charge < -0.3 is 8.94 Å². The number of hydrogen-bond donors (Lipinski definition) is 1. The van der Waals surface area contributed by atoms with Gasteiger partial charge in [0, 0.05) is 6.07 Å². The van der Waals surface area contributed by atoms with Crippen molar-refractivity contribution in [1.82, 2.24) is 14.7 Å². The van der Waals surface area contributed by atoms with Crippen LogP contribution in [-0.4, -0.2) is 26.4 Å². The van der Waals surface area contributed by atoms with Crippen LogP contribution in [0.4, 0.5) is 5.88 Å². The lowest BCUT2D eigenvalue weighted by molar-refractivity contribution is -0.113. The SMILES string of the molecule is Cc1cc(NC(=O)CSc2nc3ccccc3c(=O)n2Cc2ccco2)on1. The summed E-state index contributed by atoms with van der Waals surface area (Å²) in [5.74, 6) is 0.682. The van der Waals surface area contributed by atoms with Crippen LogP contribution in [0.25, 0.3) is 10.9 Å². The van der Waals surface area contributed by atoms with Crippen molar-refractivity contribution < 1.29 is 13.7 Å². The first-order chi connectivity index (χ1) is 13.6. The smallest absolute Gasteiger partial charge is 0.262 e. The van der Waals surface area contributed by atoms with E-state index in [0.29, 0.717) is 27.5 Å². The molecule has 1 amide bonds. The first-order valence-electron chi connectivity index (χ1n) is 8.48. The van der Waals surface area contributed by atoms with Gasteiger partial charge in [0.25, 0.3) is 5.56 Å². The van der Waals surface area contributed by atoms with Gasteiger partial charge in [-0.3, -0.25) is 19.5 Å². The molecule has 0 radical (unpaired) electrons. The lowest BCUT2D eigenvalue weighted by atomic mass is 10.2. The molecule has 3 aromatic heterocycles. The topological polar surface area (TPSA) is 103 Å². The maximum Gasteiger partial charge on any atom is 0.262 e. The second-order valence-corrected chi connectivity index (χ2v) is 6.99. The molecule has 0 aliphatic heterocycles. The van der Waals surface area contributed by atoms with Gasteiger partial charge in [-0.15, -0.1) is 0 Å². The van der Waals surface area contributed by atoms with E-state index in [2.05, 4.69) is 15.5 Å². The van der Waals surface area contributed by atoms with E-state index in [0.717, 1.165) is 0 Å². The predicted octanol–water partition coefficient (Wildman–Crippen LogP) is 3.07. The number of furan rings is 1. The molecule has 4 aromatic rings. The van der Waals surface area contributed by atoms with Crippen LogP contribution in [0.1, 0.15) is 11.5 Å². The second-order valence-electron chi connectivity index (χ2n) is 6.05. The number of aromatic nitrogens is 3. The molecule has 3 heterocycles. The molecule has 0 aliphatic carbocycles. The molecule has 4 rings (SSSR count). The molecule has 28 heavy (non-hydrogen) atoms. The minimum absolute atomic E-state index is 0.0582.